The second kappa shape index (κ2) is 10.3. The van der Waals surface area contributed by atoms with Crippen molar-refractivity contribution in [2.75, 3.05) is 39.5 Å². The van der Waals surface area contributed by atoms with Crippen LogP contribution in [0.3, 0.4) is 0 Å². The number of aliphatic hydroxyl groups is 2. The predicted molar refractivity (Wildman–Crippen MR) is 131 cm³/mol. The zero-order chi connectivity index (χ0) is 25.2. The fourth-order valence-electron chi connectivity index (χ4n) is 4.74. The first-order chi connectivity index (χ1) is 16.7. The standard InChI is InChI=1S/C27H34N2O6/c1-27(2,3)35-25(32)28-12-18(13-28)14-29(19(15-30)16-31)26(33)34-17-24-22-10-6-4-8-20(22)21-9-5-7-11-23(21)24/h4-11,18-19,24,30-31H,12-17H2,1-3H3. The van der Waals surface area contributed by atoms with Crippen molar-refractivity contribution in [1.29, 1.82) is 0 Å². The van der Waals surface area contributed by atoms with Crippen LogP contribution in [-0.4, -0.2) is 83.3 Å². The molecule has 35 heavy (non-hydrogen) atoms. The number of likely N-dealkylation sites (tertiary alicyclic amines) is 1. The monoisotopic (exact) mass is 482 g/mol. The van der Waals surface area contributed by atoms with Crippen molar-refractivity contribution < 1.29 is 29.3 Å². The number of amides is 2. The maximum atomic E-state index is 13.1. The van der Waals surface area contributed by atoms with Gasteiger partial charge in [-0.15, -0.1) is 0 Å². The van der Waals surface area contributed by atoms with Crippen molar-refractivity contribution in [3.8, 4) is 11.1 Å². The number of carbonyl (C=O) groups excluding carboxylic acids is 2. The summed E-state index contributed by atoms with van der Waals surface area (Å²) in [5, 5.41) is 19.5. The molecule has 2 aromatic rings. The minimum Gasteiger partial charge on any atom is -0.448 e. The Hall–Kier alpha value is -3.10. The lowest BCUT2D eigenvalue weighted by atomic mass is 9.98. The summed E-state index contributed by atoms with van der Waals surface area (Å²) in [7, 11) is 0. The van der Waals surface area contributed by atoms with E-state index in [-0.39, 0.29) is 44.3 Å². The van der Waals surface area contributed by atoms with E-state index in [1.807, 2.05) is 45.0 Å². The first-order valence-electron chi connectivity index (χ1n) is 12.0. The van der Waals surface area contributed by atoms with Gasteiger partial charge in [0, 0.05) is 31.5 Å². The molecule has 0 radical (unpaired) electrons. The average Bonchev–Trinajstić information content (AvgIpc) is 3.11. The molecule has 1 saturated heterocycles. The fourth-order valence-corrected chi connectivity index (χ4v) is 4.74. The molecular weight excluding hydrogens is 448 g/mol. The number of hydrogen-bond acceptors (Lipinski definition) is 6. The number of benzene rings is 2. The van der Waals surface area contributed by atoms with Gasteiger partial charge in [-0.2, -0.15) is 0 Å². The largest absolute Gasteiger partial charge is 0.448 e. The zero-order valence-corrected chi connectivity index (χ0v) is 20.5. The first kappa shape index (κ1) is 25.0. The molecule has 2 amide bonds. The smallest absolute Gasteiger partial charge is 0.410 e. The summed E-state index contributed by atoms with van der Waals surface area (Å²) >= 11 is 0. The Labute approximate surface area is 206 Å². The highest BCUT2D eigenvalue weighted by molar-refractivity contribution is 5.79. The summed E-state index contributed by atoms with van der Waals surface area (Å²) in [5.41, 5.74) is 3.93. The van der Waals surface area contributed by atoms with E-state index in [0.717, 1.165) is 22.3 Å². The van der Waals surface area contributed by atoms with Crippen molar-refractivity contribution >= 4 is 12.2 Å². The van der Waals surface area contributed by atoms with Crippen LogP contribution in [0.25, 0.3) is 11.1 Å². The molecule has 0 atom stereocenters. The molecule has 0 spiro atoms. The quantitative estimate of drug-likeness (QED) is 0.627. The Morgan fingerprint density at radius 1 is 1.00 bits per heavy atom. The summed E-state index contributed by atoms with van der Waals surface area (Å²) in [4.78, 5) is 28.3. The van der Waals surface area contributed by atoms with E-state index in [9.17, 15) is 19.8 Å². The molecule has 2 N–H and O–H groups in total. The van der Waals surface area contributed by atoms with Crippen molar-refractivity contribution in [2.24, 2.45) is 5.92 Å². The molecule has 188 valence electrons. The Kier molecular flexibility index (Phi) is 7.33. The topological polar surface area (TPSA) is 99.5 Å². The summed E-state index contributed by atoms with van der Waals surface area (Å²) in [6.45, 7) is 5.96. The number of nitrogens with zero attached hydrogens (tertiary/aromatic N) is 2. The van der Waals surface area contributed by atoms with Crippen LogP contribution in [0.5, 0.6) is 0 Å². The SMILES string of the molecule is CC(C)(C)OC(=O)N1CC(CN(C(=O)OCC2c3ccccc3-c3ccccc32)C(CO)CO)C1. The van der Waals surface area contributed by atoms with E-state index in [0.29, 0.717) is 13.1 Å². The Morgan fingerprint density at radius 2 is 1.54 bits per heavy atom. The normalized spacial score (nSPS) is 15.4. The van der Waals surface area contributed by atoms with Gasteiger partial charge in [0.25, 0.3) is 0 Å². The molecule has 8 heteroatoms. The number of hydrogen-bond donors (Lipinski definition) is 2. The lowest BCUT2D eigenvalue weighted by Crippen LogP contribution is -2.57. The van der Waals surface area contributed by atoms with Crippen LogP contribution < -0.4 is 0 Å². The molecule has 1 fully saturated rings. The van der Waals surface area contributed by atoms with Crippen molar-refractivity contribution in [3.05, 3.63) is 59.7 Å². The highest BCUT2D eigenvalue weighted by Crippen LogP contribution is 2.44. The molecule has 0 unspecified atom stereocenters. The maximum absolute atomic E-state index is 13.1. The van der Waals surface area contributed by atoms with Gasteiger partial charge in [-0.1, -0.05) is 48.5 Å². The second-order valence-electron chi connectivity index (χ2n) is 10.2. The van der Waals surface area contributed by atoms with Gasteiger partial charge in [0.2, 0.25) is 0 Å². The molecule has 4 rings (SSSR count). The van der Waals surface area contributed by atoms with E-state index < -0.39 is 17.7 Å². The van der Waals surface area contributed by atoms with E-state index in [2.05, 4.69) is 24.3 Å². The van der Waals surface area contributed by atoms with E-state index >= 15 is 0 Å². The molecule has 1 aliphatic heterocycles. The van der Waals surface area contributed by atoms with Crippen LogP contribution in [0.1, 0.15) is 37.8 Å². The highest BCUT2D eigenvalue weighted by atomic mass is 16.6. The van der Waals surface area contributed by atoms with Crippen LogP contribution in [-0.2, 0) is 9.47 Å². The number of rotatable bonds is 7. The second-order valence-corrected chi connectivity index (χ2v) is 10.2. The third-order valence-corrected chi connectivity index (χ3v) is 6.50. The Balaban J connectivity index is 1.40. The van der Waals surface area contributed by atoms with Gasteiger partial charge in [0.05, 0.1) is 19.3 Å². The first-order valence-corrected chi connectivity index (χ1v) is 12.0. The lowest BCUT2D eigenvalue weighted by molar-refractivity contribution is -0.0144. The van der Waals surface area contributed by atoms with Gasteiger partial charge in [-0.05, 0) is 43.0 Å². The Morgan fingerprint density at radius 3 is 2.06 bits per heavy atom. The average molecular weight is 483 g/mol. The minimum absolute atomic E-state index is 0.00333. The fraction of sp³-hybridized carbons (Fsp3) is 0.481. The van der Waals surface area contributed by atoms with Gasteiger partial charge in [0.15, 0.2) is 0 Å². The van der Waals surface area contributed by atoms with Crippen molar-refractivity contribution in [2.45, 2.75) is 38.3 Å². The van der Waals surface area contributed by atoms with E-state index in [1.165, 1.54) is 4.90 Å². The predicted octanol–water partition coefficient (Wildman–Crippen LogP) is 3.46. The third-order valence-electron chi connectivity index (χ3n) is 6.50. The summed E-state index contributed by atoms with van der Waals surface area (Å²) in [5.74, 6) is -0.0788. The third kappa shape index (κ3) is 5.44. The summed E-state index contributed by atoms with van der Waals surface area (Å²) in [6, 6.07) is 15.4. The summed E-state index contributed by atoms with van der Waals surface area (Å²) < 4.78 is 11.1. The van der Waals surface area contributed by atoms with Gasteiger partial charge in [0.1, 0.15) is 12.2 Å². The number of carbonyl (C=O) groups is 2. The van der Waals surface area contributed by atoms with Crippen LogP contribution in [0.4, 0.5) is 9.59 Å². The van der Waals surface area contributed by atoms with Gasteiger partial charge in [-0.25, -0.2) is 9.59 Å². The van der Waals surface area contributed by atoms with Crippen LogP contribution in [0.15, 0.2) is 48.5 Å². The highest BCUT2D eigenvalue weighted by Gasteiger charge is 2.38. The van der Waals surface area contributed by atoms with E-state index in [4.69, 9.17) is 9.47 Å². The lowest BCUT2D eigenvalue weighted by Gasteiger charge is -2.42. The van der Waals surface area contributed by atoms with Crippen molar-refractivity contribution in [3.63, 3.8) is 0 Å². The molecule has 0 aromatic heterocycles. The molecule has 1 aliphatic carbocycles. The molecule has 1 heterocycles. The van der Waals surface area contributed by atoms with Crippen molar-refractivity contribution in [1.82, 2.24) is 9.80 Å². The van der Waals surface area contributed by atoms with Gasteiger partial charge in [-0.3, -0.25) is 0 Å². The number of ether oxygens (including phenoxy) is 2. The molecular formula is C27H34N2O6. The van der Waals surface area contributed by atoms with E-state index in [1.54, 1.807) is 4.90 Å². The van der Waals surface area contributed by atoms with Crippen LogP contribution in [0, 0.1) is 5.92 Å². The maximum Gasteiger partial charge on any atom is 0.410 e. The van der Waals surface area contributed by atoms with Gasteiger partial charge >= 0.3 is 12.2 Å². The van der Waals surface area contributed by atoms with Crippen LogP contribution in [0.2, 0.25) is 0 Å². The number of aliphatic hydroxyl groups excluding tert-OH is 2. The zero-order valence-electron chi connectivity index (χ0n) is 20.5. The molecule has 2 aromatic carbocycles. The molecule has 0 saturated carbocycles. The van der Waals surface area contributed by atoms with Crippen LogP contribution >= 0.6 is 0 Å². The van der Waals surface area contributed by atoms with Gasteiger partial charge < -0.3 is 29.5 Å². The Bertz CT molecular complexity index is 1010. The summed E-state index contributed by atoms with van der Waals surface area (Å²) in [6.07, 6.45) is -0.974. The number of fused-ring (bicyclic) bond motifs is 3. The molecule has 8 nitrogen and oxygen atoms in total. The molecule has 0 bridgehead atoms. The molecule has 2 aliphatic rings. The minimum atomic E-state index is -0.777.